The van der Waals surface area contributed by atoms with E-state index >= 15 is 0 Å². The summed E-state index contributed by atoms with van der Waals surface area (Å²) < 4.78 is 27.9. The molecule has 0 bridgehead atoms. The molecule has 1 saturated carbocycles. The highest BCUT2D eigenvalue weighted by Gasteiger charge is 2.53. The van der Waals surface area contributed by atoms with Crippen LogP contribution in [0.4, 0.5) is 20.2 Å². The number of anilines is 2. The molecular weight excluding hydrogens is 426 g/mol. The molecule has 178 valence electrons. The lowest BCUT2D eigenvalue weighted by molar-refractivity contribution is -0.149. The minimum atomic E-state index is -2.86. The molecule has 33 heavy (non-hydrogen) atoms. The number of amides is 1. The maximum atomic E-state index is 14.0. The Labute approximate surface area is 192 Å². The Hall–Kier alpha value is -2.71. The van der Waals surface area contributed by atoms with E-state index in [1.165, 1.54) is 0 Å². The molecule has 2 aromatic carbocycles. The highest BCUT2D eigenvalue weighted by Crippen LogP contribution is 2.47. The number of nitrogens with two attached hydrogens (primary N) is 2. The van der Waals surface area contributed by atoms with Gasteiger partial charge in [0.15, 0.2) is 5.60 Å². The van der Waals surface area contributed by atoms with Gasteiger partial charge in [0.1, 0.15) is 0 Å². The molecule has 2 fully saturated rings. The van der Waals surface area contributed by atoms with Crippen molar-refractivity contribution in [2.24, 2.45) is 5.92 Å². The first-order valence-electron chi connectivity index (χ1n) is 11.5. The predicted molar refractivity (Wildman–Crippen MR) is 124 cm³/mol. The highest BCUT2D eigenvalue weighted by molar-refractivity contribution is 5.87. The molecular formula is C25H32F2N4O2. The number of halogens is 2. The molecule has 0 unspecified atom stereocenters. The van der Waals surface area contributed by atoms with Gasteiger partial charge in [0, 0.05) is 55.8 Å². The number of carbonyl (C=O) groups excluding carboxylic acids is 1. The van der Waals surface area contributed by atoms with Crippen molar-refractivity contribution in [1.29, 1.82) is 0 Å². The summed E-state index contributed by atoms with van der Waals surface area (Å²) in [5.41, 5.74) is 12.4. The third-order valence-corrected chi connectivity index (χ3v) is 6.92. The molecule has 4 rings (SSSR count). The van der Waals surface area contributed by atoms with Gasteiger partial charge in [-0.3, -0.25) is 9.69 Å². The summed E-state index contributed by atoms with van der Waals surface area (Å²) in [6, 6.07) is 13.9. The number of rotatable bonds is 6. The van der Waals surface area contributed by atoms with Crippen molar-refractivity contribution in [3.05, 3.63) is 59.7 Å². The first kappa shape index (κ1) is 23.4. The number of nitrogens with one attached hydrogen (secondary N) is 1. The predicted octanol–water partition coefficient (Wildman–Crippen LogP) is 3.25. The molecule has 2 aliphatic rings. The van der Waals surface area contributed by atoms with Gasteiger partial charge in [0.2, 0.25) is 5.92 Å². The molecule has 0 radical (unpaired) electrons. The van der Waals surface area contributed by atoms with Gasteiger partial charge < -0.3 is 21.9 Å². The number of benzene rings is 2. The molecule has 1 aliphatic carbocycles. The van der Waals surface area contributed by atoms with Crippen molar-refractivity contribution in [3.8, 4) is 0 Å². The molecule has 1 saturated heterocycles. The number of carbonyl (C=O) groups is 1. The fraction of sp³-hybridized carbons (Fsp3) is 0.480. The Kier molecular flexibility index (Phi) is 6.59. The zero-order valence-electron chi connectivity index (χ0n) is 18.6. The topological polar surface area (TPSA) is 105 Å². The minimum absolute atomic E-state index is 0.105. The molecule has 6 N–H and O–H groups in total. The largest absolute Gasteiger partial charge is 0.399 e. The molecule has 1 aliphatic heterocycles. The van der Waals surface area contributed by atoms with E-state index in [9.17, 15) is 18.7 Å². The van der Waals surface area contributed by atoms with E-state index in [4.69, 9.17) is 11.5 Å². The Balaban J connectivity index is 1.41. The van der Waals surface area contributed by atoms with E-state index in [1.54, 1.807) is 36.4 Å². The number of hydrogen-bond donors (Lipinski definition) is 4. The van der Waals surface area contributed by atoms with E-state index in [0.29, 0.717) is 36.3 Å². The number of alkyl halides is 2. The number of hydrogen-bond acceptors (Lipinski definition) is 5. The Morgan fingerprint density at radius 1 is 1.09 bits per heavy atom. The normalized spacial score (nSPS) is 23.2. The zero-order chi connectivity index (χ0) is 23.6. The summed E-state index contributed by atoms with van der Waals surface area (Å²) in [6.45, 7) is 2.22. The van der Waals surface area contributed by atoms with Crippen LogP contribution >= 0.6 is 0 Å². The van der Waals surface area contributed by atoms with Crippen LogP contribution in [0, 0.1) is 5.92 Å². The number of nitrogen functional groups attached to an aromatic ring is 2. The third-order valence-electron chi connectivity index (χ3n) is 6.92. The summed E-state index contributed by atoms with van der Waals surface area (Å²) in [4.78, 5) is 15.6. The van der Waals surface area contributed by atoms with Crippen LogP contribution in [0.3, 0.4) is 0 Å². The maximum Gasteiger partial charge on any atom is 0.257 e. The molecule has 0 spiro atoms. The van der Waals surface area contributed by atoms with E-state index in [-0.39, 0.29) is 18.9 Å². The van der Waals surface area contributed by atoms with E-state index in [0.717, 1.165) is 18.7 Å². The standard InChI is InChI=1S/C25H32F2N4O2/c26-24(27)9-6-19(15-24)25(33,18-4-2-1-3-5-18)23(32)30-22-7-10-31(11-8-22)16-17-12-20(28)14-21(29)13-17/h1-5,12-14,19,22,33H,6-11,15-16,28-29H2,(H,30,32)/t19-,25+/m1/s1. The van der Waals surface area contributed by atoms with E-state index < -0.39 is 29.8 Å². The zero-order valence-corrected chi connectivity index (χ0v) is 18.6. The van der Waals surface area contributed by atoms with Crippen LogP contribution in [0.2, 0.25) is 0 Å². The average molecular weight is 459 g/mol. The first-order chi connectivity index (χ1) is 15.7. The summed E-state index contributed by atoms with van der Waals surface area (Å²) in [6.07, 6.45) is 0.707. The Bertz CT molecular complexity index is 959. The Morgan fingerprint density at radius 3 is 2.30 bits per heavy atom. The summed E-state index contributed by atoms with van der Waals surface area (Å²) in [7, 11) is 0. The number of piperidine rings is 1. The quantitative estimate of drug-likeness (QED) is 0.498. The lowest BCUT2D eigenvalue weighted by Crippen LogP contribution is -2.54. The van der Waals surface area contributed by atoms with Crippen molar-refractivity contribution in [1.82, 2.24) is 10.2 Å². The second-order valence-electron chi connectivity index (χ2n) is 9.46. The second-order valence-corrected chi connectivity index (χ2v) is 9.46. The summed E-state index contributed by atoms with van der Waals surface area (Å²) >= 11 is 0. The molecule has 6 nitrogen and oxygen atoms in total. The van der Waals surface area contributed by atoms with Gasteiger partial charge in [-0.1, -0.05) is 30.3 Å². The van der Waals surface area contributed by atoms with Crippen molar-refractivity contribution in [2.75, 3.05) is 24.6 Å². The lowest BCUT2D eigenvalue weighted by Gasteiger charge is -2.37. The monoisotopic (exact) mass is 458 g/mol. The van der Waals surface area contributed by atoms with Crippen LogP contribution in [0.15, 0.2) is 48.5 Å². The van der Waals surface area contributed by atoms with Crippen LogP contribution in [-0.4, -0.2) is 41.0 Å². The third kappa shape index (κ3) is 5.28. The van der Waals surface area contributed by atoms with Gasteiger partial charge in [-0.2, -0.15) is 0 Å². The fourth-order valence-electron chi connectivity index (χ4n) is 5.18. The molecule has 2 aromatic rings. The SMILES string of the molecule is Nc1cc(N)cc(CN2CCC(NC(=O)[C@](O)(c3ccccc3)[C@@H]3CCC(F)(F)C3)CC2)c1. The van der Waals surface area contributed by atoms with Gasteiger partial charge in [-0.05, 0) is 48.6 Å². The average Bonchev–Trinajstić information content (AvgIpc) is 3.14. The van der Waals surface area contributed by atoms with Gasteiger partial charge in [0.25, 0.3) is 5.91 Å². The fourth-order valence-corrected chi connectivity index (χ4v) is 5.18. The molecule has 0 aromatic heterocycles. The number of nitrogens with zero attached hydrogens (tertiary/aromatic N) is 1. The van der Waals surface area contributed by atoms with Gasteiger partial charge in [0.05, 0.1) is 0 Å². The van der Waals surface area contributed by atoms with Gasteiger partial charge in [-0.15, -0.1) is 0 Å². The van der Waals surface area contributed by atoms with Crippen LogP contribution in [-0.2, 0) is 16.9 Å². The second kappa shape index (κ2) is 9.27. The van der Waals surface area contributed by atoms with Crippen molar-refractivity contribution in [2.45, 2.75) is 56.2 Å². The van der Waals surface area contributed by atoms with Crippen molar-refractivity contribution in [3.63, 3.8) is 0 Å². The molecule has 1 amide bonds. The van der Waals surface area contributed by atoms with Crippen LogP contribution in [0.5, 0.6) is 0 Å². The van der Waals surface area contributed by atoms with E-state index in [1.807, 2.05) is 12.1 Å². The van der Waals surface area contributed by atoms with Crippen LogP contribution < -0.4 is 16.8 Å². The summed E-state index contributed by atoms with van der Waals surface area (Å²) in [5, 5.41) is 14.5. The highest BCUT2D eigenvalue weighted by atomic mass is 19.3. The number of likely N-dealkylation sites (tertiary alicyclic amines) is 1. The molecule has 8 heteroatoms. The molecule has 2 atom stereocenters. The van der Waals surface area contributed by atoms with Crippen LogP contribution in [0.25, 0.3) is 0 Å². The van der Waals surface area contributed by atoms with Gasteiger partial charge >= 0.3 is 0 Å². The smallest absolute Gasteiger partial charge is 0.257 e. The van der Waals surface area contributed by atoms with Crippen molar-refractivity contribution >= 4 is 17.3 Å². The maximum absolute atomic E-state index is 14.0. The Morgan fingerprint density at radius 2 is 1.73 bits per heavy atom. The van der Waals surface area contributed by atoms with Crippen LogP contribution in [0.1, 0.15) is 43.2 Å². The molecule has 1 heterocycles. The lowest BCUT2D eigenvalue weighted by atomic mass is 9.79. The van der Waals surface area contributed by atoms with Gasteiger partial charge in [-0.25, -0.2) is 8.78 Å². The van der Waals surface area contributed by atoms with E-state index in [2.05, 4.69) is 10.2 Å². The summed E-state index contributed by atoms with van der Waals surface area (Å²) in [5.74, 6) is -4.27. The number of aliphatic hydroxyl groups is 1. The minimum Gasteiger partial charge on any atom is -0.399 e. The van der Waals surface area contributed by atoms with Crippen molar-refractivity contribution < 1.29 is 18.7 Å². The first-order valence-corrected chi connectivity index (χ1v) is 11.5.